The van der Waals surface area contributed by atoms with Crippen LogP contribution in [0.1, 0.15) is 6.92 Å². The van der Waals surface area contributed by atoms with Crippen molar-refractivity contribution in [2.24, 2.45) is 0 Å². The number of anilines is 1. The number of halogens is 1. The predicted molar refractivity (Wildman–Crippen MR) is 81.7 cm³/mol. The highest BCUT2D eigenvalue weighted by Gasteiger charge is 2.10. The number of benzene rings is 2. The number of hydrogen-bond acceptors (Lipinski definition) is 3. The molecule has 0 aliphatic rings. The number of nitrogens with two attached hydrogens (primary N) is 1. The monoisotopic (exact) mass is 287 g/mol. The first-order valence-corrected chi connectivity index (χ1v) is 6.73. The minimum Gasteiger partial charge on any atom is -0.494 e. The van der Waals surface area contributed by atoms with E-state index in [-0.39, 0.29) is 0 Å². The SMILES string of the molecule is CCOc1ccc(-n2c(N)nc3ccc(Cl)cc32)cc1. The Morgan fingerprint density at radius 2 is 1.95 bits per heavy atom. The van der Waals surface area contributed by atoms with Crippen molar-refractivity contribution in [3.05, 3.63) is 47.5 Å². The zero-order chi connectivity index (χ0) is 14.1. The summed E-state index contributed by atoms with van der Waals surface area (Å²) in [5, 5.41) is 0.657. The Hall–Kier alpha value is -2.20. The molecule has 0 aliphatic carbocycles. The first kappa shape index (κ1) is 12.8. The number of ether oxygens (including phenoxy) is 1. The van der Waals surface area contributed by atoms with Crippen LogP contribution in [0.2, 0.25) is 5.02 Å². The summed E-state index contributed by atoms with van der Waals surface area (Å²) in [7, 11) is 0. The summed E-state index contributed by atoms with van der Waals surface area (Å²) in [6.45, 7) is 2.60. The van der Waals surface area contributed by atoms with Crippen LogP contribution >= 0.6 is 11.6 Å². The molecule has 5 heteroatoms. The first-order valence-electron chi connectivity index (χ1n) is 6.35. The standard InChI is InChI=1S/C15H14ClN3O/c1-2-20-12-6-4-11(5-7-12)19-14-9-10(16)3-8-13(14)18-15(19)17/h3-9H,2H2,1H3,(H2,17,18). The molecule has 4 nitrogen and oxygen atoms in total. The van der Waals surface area contributed by atoms with Crippen LogP contribution in [0.15, 0.2) is 42.5 Å². The van der Waals surface area contributed by atoms with E-state index in [1.807, 2.05) is 47.9 Å². The number of aromatic nitrogens is 2. The largest absolute Gasteiger partial charge is 0.494 e. The second kappa shape index (κ2) is 5.06. The molecule has 1 aromatic heterocycles. The minimum atomic E-state index is 0.437. The smallest absolute Gasteiger partial charge is 0.205 e. The zero-order valence-corrected chi connectivity index (χ0v) is 11.8. The summed E-state index contributed by atoms with van der Waals surface area (Å²) < 4.78 is 7.31. The van der Waals surface area contributed by atoms with Crippen molar-refractivity contribution < 1.29 is 4.74 Å². The van der Waals surface area contributed by atoms with Crippen molar-refractivity contribution in [2.45, 2.75) is 6.92 Å². The van der Waals surface area contributed by atoms with Gasteiger partial charge < -0.3 is 10.5 Å². The molecule has 2 N–H and O–H groups in total. The first-order chi connectivity index (χ1) is 9.69. The molecule has 0 aliphatic heterocycles. The highest BCUT2D eigenvalue weighted by molar-refractivity contribution is 6.31. The lowest BCUT2D eigenvalue weighted by atomic mass is 10.2. The molecular formula is C15H14ClN3O. The van der Waals surface area contributed by atoms with Gasteiger partial charge in [0, 0.05) is 10.7 Å². The molecule has 0 bridgehead atoms. The predicted octanol–water partition coefficient (Wildman–Crippen LogP) is 3.66. The average Bonchev–Trinajstić information content (AvgIpc) is 2.76. The van der Waals surface area contributed by atoms with Crippen molar-refractivity contribution in [2.75, 3.05) is 12.3 Å². The third-order valence-electron chi connectivity index (χ3n) is 3.05. The Morgan fingerprint density at radius 3 is 2.65 bits per heavy atom. The Morgan fingerprint density at radius 1 is 1.20 bits per heavy atom. The fourth-order valence-electron chi connectivity index (χ4n) is 2.20. The van der Waals surface area contributed by atoms with Crippen LogP contribution in [0, 0.1) is 0 Å². The van der Waals surface area contributed by atoms with Crippen molar-refractivity contribution in [3.63, 3.8) is 0 Å². The summed E-state index contributed by atoms with van der Waals surface area (Å²) in [4.78, 5) is 4.34. The van der Waals surface area contributed by atoms with Crippen molar-refractivity contribution in [1.29, 1.82) is 0 Å². The maximum absolute atomic E-state index is 6.05. The number of nitrogen functional groups attached to an aromatic ring is 1. The van der Waals surface area contributed by atoms with Crippen molar-refractivity contribution in [1.82, 2.24) is 9.55 Å². The van der Waals surface area contributed by atoms with Gasteiger partial charge in [-0.05, 0) is 49.4 Å². The van der Waals surface area contributed by atoms with E-state index in [1.54, 1.807) is 6.07 Å². The van der Waals surface area contributed by atoms with E-state index in [0.29, 0.717) is 17.6 Å². The minimum absolute atomic E-state index is 0.437. The van der Waals surface area contributed by atoms with Gasteiger partial charge in [-0.2, -0.15) is 0 Å². The van der Waals surface area contributed by atoms with Crippen LogP contribution < -0.4 is 10.5 Å². The van der Waals surface area contributed by atoms with Crippen LogP contribution in [0.3, 0.4) is 0 Å². The number of fused-ring (bicyclic) bond motifs is 1. The summed E-state index contributed by atoms with van der Waals surface area (Å²) >= 11 is 6.05. The maximum Gasteiger partial charge on any atom is 0.205 e. The Balaban J connectivity index is 2.13. The van der Waals surface area contributed by atoms with Gasteiger partial charge in [-0.15, -0.1) is 0 Å². The fourth-order valence-corrected chi connectivity index (χ4v) is 2.36. The number of hydrogen-bond donors (Lipinski definition) is 1. The third kappa shape index (κ3) is 2.18. The topological polar surface area (TPSA) is 53.1 Å². The molecule has 0 saturated carbocycles. The Kier molecular flexibility index (Phi) is 3.24. The van der Waals surface area contributed by atoms with Gasteiger partial charge in [0.1, 0.15) is 5.75 Å². The van der Waals surface area contributed by atoms with E-state index in [4.69, 9.17) is 22.1 Å². The molecule has 0 unspecified atom stereocenters. The molecule has 0 atom stereocenters. The molecule has 2 aromatic carbocycles. The van der Waals surface area contributed by atoms with Gasteiger partial charge in [-0.3, -0.25) is 4.57 Å². The van der Waals surface area contributed by atoms with E-state index < -0.39 is 0 Å². The van der Waals surface area contributed by atoms with Gasteiger partial charge in [0.2, 0.25) is 5.95 Å². The number of nitrogens with zero attached hydrogens (tertiary/aromatic N) is 2. The molecule has 102 valence electrons. The molecule has 3 rings (SSSR count). The summed E-state index contributed by atoms with van der Waals surface area (Å²) in [5.41, 5.74) is 8.64. The van der Waals surface area contributed by atoms with Gasteiger partial charge in [-0.25, -0.2) is 4.98 Å². The molecule has 0 radical (unpaired) electrons. The van der Waals surface area contributed by atoms with Crippen molar-refractivity contribution in [3.8, 4) is 11.4 Å². The highest BCUT2D eigenvalue weighted by atomic mass is 35.5. The van der Waals surface area contributed by atoms with Gasteiger partial charge in [-0.1, -0.05) is 11.6 Å². The van der Waals surface area contributed by atoms with E-state index in [1.165, 1.54) is 0 Å². The van der Waals surface area contributed by atoms with Crippen molar-refractivity contribution >= 4 is 28.6 Å². The molecule has 0 spiro atoms. The van der Waals surface area contributed by atoms with E-state index in [9.17, 15) is 0 Å². The lowest BCUT2D eigenvalue weighted by Gasteiger charge is -2.08. The van der Waals surface area contributed by atoms with Crippen LogP contribution in [-0.2, 0) is 0 Å². The summed E-state index contributed by atoms with van der Waals surface area (Å²) in [6, 6.07) is 13.2. The van der Waals surface area contributed by atoms with E-state index >= 15 is 0 Å². The normalized spacial score (nSPS) is 10.9. The third-order valence-corrected chi connectivity index (χ3v) is 3.28. The van der Waals surface area contributed by atoms with Crippen LogP contribution in [0.5, 0.6) is 5.75 Å². The quantitative estimate of drug-likeness (QED) is 0.800. The fraction of sp³-hybridized carbons (Fsp3) is 0.133. The average molecular weight is 288 g/mol. The molecule has 0 saturated heterocycles. The van der Waals surface area contributed by atoms with E-state index in [0.717, 1.165) is 22.5 Å². The van der Waals surface area contributed by atoms with Gasteiger partial charge >= 0.3 is 0 Å². The molecular weight excluding hydrogens is 274 g/mol. The summed E-state index contributed by atoms with van der Waals surface area (Å²) in [6.07, 6.45) is 0. The molecule has 1 heterocycles. The Bertz CT molecular complexity index is 750. The number of rotatable bonds is 3. The molecule has 20 heavy (non-hydrogen) atoms. The molecule has 0 fully saturated rings. The molecule has 3 aromatic rings. The van der Waals surface area contributed by atoms with Gasteiger partial charge in [0.15, 0.2) is 0 Å². The van der Waals surface area contributed by atoms with Crippen LogP contribution in [0.25, 0.3) is 16.7 Å². The zero-order valence-electron chi connectivity index (χ0n) is 11.0. The van der Waals surface area contributed by atoms with Crippen LogP contribution in [-0.4, -0.2) is 16.2 Å². The second-order valence-electron chi connectivity index (χ2n) is 4.37. The van der Waals surface area contributed by atoms with E-state index in [2.05, 4.69) is 4.98 Å². The van der Waals surface area contributed by atoms with Crippen LogP contribution in [0.4, 0.5) is 5.95 Å². The lowest BCUT2D eigenvalue weighted by Crippen LogP contribution is -2.00. The maximum atomic E-state index is 6.05. The lowest BCUT2D eigenvalue weighted by molar-refractivity contribution is 0.340. The highest BCUT2D eigenvalue weighted by Crippen LogP contribution is 2.26. The molecule has 0 amide bonds. The number of imidazole rings is 1. The van der Waals surface area contributed by atoms with Gasteiger partial charge in [0.25, 0.3) is 0 Å². The second-order valence-corrected chi connectivity index (χ2v) is 4.80. The van der Waals surface area contributed by atoms with Gasteiger partial charge in [0.05, 0.1) is 17.6 Å². The Labute approximate surface area is 121 Å². The summed E-state index contributed by atoms with van der Waals surface area (Å²) in [5.74, 6) is 1.27.